The Morgan fingerprint density at radius 2 is 1.95 bits per heavy atom. The van der Waals surface area contributed by atoms with Crippen LogP contribution in [0.15, 0.2) is 18.2 Å². The summed E-state index contributed by atoms with van der Waals surface area (Å²) in [5, 5.41) is 0. The number of likely N-dealkylation sites (tertiary alicyclic amines) is 1. The van der Waals surface area contributed by atoms with Crippen molar-refractivity contribution in [3.05, 3.63) is 34.9 Å². The molecule has 1 heterocycles. The van der Waals surface area contributed by atoms with E-state index in [1.165, 1.54) is 49.0 Å². The van der Waals surface area contributed by atoms with E-state index in [2.05, 4.69) is 36.9 Å². The fourth-order valence-corrected chi connectivity index (χ4v) is 3.09. The Labute approximate surface area is 123 Å². The molecule has 2 N–H and O–H groups in total. The lowest BCUT2D eigenvalue weighted by Crippen LogP contribution is -2.36. The summed E-state index contributed by atoms with van der Waals surface area (Å²) in [7, 11) is 0. The van der Waals surface area contributed by atoms with Gasteiger partial charge in [-0.1, -0.05) is 18.2 Å². The average molecular weight is 283 g/mol. The lowest BCUT2D eigenvalue weighted by atomic mass is 9.93. The summed E-state index contributed by atoms with van der Waals surface area (Å²) in [5.41, 5.74) is 10.1. The Morgan fingerprint density at radius 1 is 1.26 bits per heavy atom. The van der Waals surface area contributed by atoms with Crippen molar-refractivity contribution < 1.29 is 0 Å². The number of nitrogens with zero attached hydrogens (tertiary/aromatic N) is 1. The number of rotatable bonds is 4. The maximum absolute atomic E-state index is 5.69. The van der Waals surface area contributed by atoms with Crippen molar-refractivity contribution >= 4 is 12.4 Å². The molecule has 0 amide bonds. The number of aryl methyl sites for hydroxylation is 2. The number of benzene rings is 1. The van der Waals surface area contributed by atoms with Gasteiger partial charge in [0.25, 0.3) is 0 Å². The Morgan fingerprint density at radius 3 is 2.58 bits per heavy atom. The van der Waals surface area contributed by atoms with Gasteiger partial charge < -0.3 is 5.73 Å². The third-order valence-corrected chi connectivity index (χ3v) is 4.20. The fraction of sp³-hybridized carbons (Fsp3) is 0.625. The van der Waals surface area contributed by atoms with Crippen molar-refractivity contribution in [1.82, 2.24) is 4.90 Å². The molecule has 1 aromatic carbocycles. The minimum atomic E-state index is 0. The first-order valence-electron chi connectivity index (χ1n) is 7.18. The van der Waals surface area contributed by atoms with E-state index in [1.807, 2.05) is 0 Å². The van der Waals surface area contributed by atoms with Crippen LogP contribution in [0.5, 0.6) is 0 Å². The smallest absolute Gasteiger partial charge is 0.0239 e. The van der Waals surface area contributed by atoms with Crippen LogP contribution in [0.1, 0.15) is 36.0 Å². The maximum atomic E-state index is 5.69. The normalized spacial score (nSPS) is 20.1. The van der Waals surface area contributed by atoms with Gasteiger partial charge in [0, 0.05) is 13.1 Å². The van der Waals surface area contributed by atoms with Crippen LogP contribution >= 0.6 is 12.4 Å². The molecule has 1 aliphatic heterocycles. The van der Waals surface area contributed by atoms with Crippen LogP contribution in [0.25, 0.3) is 0 Å². The first kappa shape index (κ1) is 16.5. The highest BCUT2D eigenvalue weighted by molar-refractivity contribution is 5.85. The second-order valence-electron chi connectivity index (χ2n) is 5.69. The molecule has 2 nitrogen and oxygen atoms in total. The van der Waals surface area contributed by atoms with Gasteiger partial charge in [-0.05, 0) is 68.8 Å². The standard InChI is InChI=1S/C16H26N2.ClH/c1-13-5-3-6-14(2)16(13)12-18-10-4-7-15(11-18)8-9-17;/h3,5-6,15H,4,7-12,17H2,1-2H3;1H. The molecule has 1 saturated heterocycles. The van der Waals surface area contributed by atoms with E-state index < -0.39 is 0 Å². The second kappa shape index (κ2) is 7.88. The Hall–Kier alpha value is -0.570. The number of hydrogen-bond donors (Lipinski definition) is 1. The summed E-state index contributed by atoms with van der Waals surface area (Å²) in [4.78, 5) is 2.61. The van der Waals surface area contributed by atoms with E-state index in [0.717, 1.165) is 19.0 Å². The highest BCUT2D eigenvalue weighted by atomic mass is 35.5. The van der Waals surface area contributed by atoms with Crippen LogP contribution in [0, 0.1) is 19.8 Å². The summed E-state index contributed by atoms with van der Waals surface area (Å²) < 4.78 is 0. The number of piperidine rings is 1. The largest absolute Gasteiger partial charge is 0.330 e. The molecule has 0 saturated carbocycles. The number of halogens is 1. The molecule has 1 aliphatic rings. The Bertz CT molecular complexity index is 370. The molecule has 2 rings (SSSR count). The molecule has 0 radical (unpaired) electrons. The van der Waals surface area contributed by atoms with Gasteiger partial charge in [0.1, 0.15) is 0 Å². The molecule has 1 aromatic rings. The number of hydrogen-bond acceptors (Lipinski definition) is 2. The maximum Gasteiger partial charge on any atom is 0.0239 e. The molecule has 0 aromatic heterocycles. The van der Waals surface area contributed by atoms with Crippen LogP contribution in [0.2, 0.25) is 0 Å². The summed E-state index contributed by atoms with van der Waals surface area (Å²) in [6, 6.07) is 6.61. The SMILES string of the molecule is Cc1cccc(C)c1CN1CCCC(CCN)C1.Cl. The molecule has 19 heavy (non-hydrogen) atoms. The Kier molecular flexibility index (Phi) is 6.84. The van der Waals surface area contributed by atoms with Crippen molar-refractivity contribution in [2.75, 3.05) is 19.6 Å². The van der Waals surface area contributed by atoms with Crippen molar-refractivity contribution in [3.8, 4) is 0 Å². The molecule has 108 valence electrons. The van der Waals surface area contributed by atoms with Crippen LogP contribution < -0.4 is 5.73 Å². The molecule has 0 spiro atoms. The Balaban J connectivity index is 0.00000180. The van der Waals surface area contributed by atoms with E-state index >= 15 is 0 Å². The van der Waals surface area contributed by atoms with E-state index in [9.17, 15) is 0 Å². The molecule has 1 fully saturated rings. The first-order valence-corrected chi connectivity index (χ1v) is 7.18. The molecule has 0 bridgehead atoms. The molecule has 1 unspecified atom stereocenters. The highest BCUT2D eigenvalue weighted by Crippen LogP contribution is 2.23. The van der Waals surface area contributed by atoms with Crippen LogP contribution in [-0.2, 0) is 6.54 Å². The lowest BCUT2D eigenvalue weighted by Gasteiger charge is -2.33. The summed E-state index contributed by atoms with van der Waals surface area (Å²) in [5.74, 6) is 0.813. The van der Waals surface area contributed by atoms with Crippen molar-refractivity contribution in [3.63, 3.8) is 0 Å². The minimum absolute atomic E-state index is 0. The predicted octanol–water partition coefficient (Wildman–Crippen LogP) is 3.29. The number of nitrogens with two attached hydrogens (primary N) is 1. The summed E-state index contributed by atoms with van der Waals surface area (Å²) in [6.07, 6.45) is 3.87. The quantitative estimate of drug-likeness (QED) is 0.918. The van der Waals surface area contributed by atoms with Gasteiger partial charge in [-0.15, -0.1) is 12.4 Å². The van der Waals surface area contributed by atoms with Gasteiger partial charge in [0.05, 0.1) is 0 Å². The monoisotopic (exact) mass is 282 g/mol. The van der Waals surface area contributed by atoms with E-state index in [-0.39, 0.29) is 12.4 Å². The summed E-state index contributed by atoms with van der Waals surface area (Å²) >= 11 is 0. The van der Waals surface area contributed by atoms with Crippen LogP contribution in [0.4, 0.5) is 0 Å². The first-order chi connectivity index (χ1) is 8.70. The zero-order chi connectivity index (χ0) is 13.0. The van der Waals surface area contributed by atoms with Crippen LogP contribution in [0.3, 0.4) is 0 Å². The van der Waals surface area contributed by atoms with Crippen molar-refractivity contribution in [2.45, 2.75) is 39.7 Å². The van der Waals surface area contributed by atoms with Gasteiger partial charge in [-0.3, -0.25) is 4.90 Å². The summed E-state index contributed by atoms with van der Waals surface area (Å²) in [6.45, 7) is 8.87. The van der Waals surface area contributed by atoms with Crippen molar-refractivity contribution in [1.29, 1.82) is 0 Å². The fourth-order valence-electron chi connectivity index (χ4n) is 3.09. The van der Waals surface area contributed by atoms with E-state index in [1.54, 1.807) is 0 Å². The molecule has 0 aliphatic carbocycles. The minimum Gasteiger partial charge on any atom is -0.330 e. The van der Waals surface area contributed by atoms with E-state index in [0.29, 0.717) is 0 Å². The van der Waals surface area contributed by atoms with Gasteiger partial charge in [-0.2, -0.15) is 0 Å². The van der Waals surface area contributed by atoms with Gasteiger partial charge in [0.15, 0.2) is 0 Å². The third kappa shape index (κ3) is 4.48. The molecular weight excluding hydrogens is 256 g/mol. The molecule has 3 heteroatoms. The highest BCUT2D eigenvalue weighted by Gasteiger charge is 2.20. The topological polar surface area (TPSA) is 29.3 Å². The van der Waals surface area contributed by atoms with Crippen LogP contribution in [-0.4, -0.2) is 24.5 Å². The van der Waals surface area contributed by atoms with Crippen molar-refractivity contribution in [2.24, 2.45) is 11.7 Å². The molecule has 1 atom stereocenters. The van der Waals surface area contributed by atoms with Gasteiger partial charge in [0.2, 0.25) is 0 Å². The van der Waals surface area contributed by atoms with E-state index in [4.69, 9.17) is 5.73 Å². The zero-order valence-corrected chi connectivity index (χ0v) is 13.0. The third-order valence-electron chi connectivity index (χ3n) is 4.20. The van der Waals surface area contributed by atoms with Gasteiger partial charge >= 0.3 is 0 Å². The zero-order valence-electron chi connectivity index (χ0n) is 12.2. The second-order valence-corrected chi connectivity index (χ2v) is 5.69. The average Bonchev–Trinajstić information content (AvgIpc) is 2.35. The molecular formula is C16H27ClN2. The predicted molar refractivity (Wildman–Crippen MR) is 84.8 cm³/mol. The lowest BCUT2D eigenvalue weighted by molar-refractivity contribution is 0.162. The van der Waals surface area contributed by atoms with Gasteiger partial charge in [-0.25, -0.2) is 0 Å².